The minimum atomic E-state index is 0. The zero-order valence-corrected chi connectivity index (χ0v) is 48.2. The molecule has 0 spiro atoms. The number of rotatable bonds is 13. The van der Waals surface area contributed by atoms with Gasteiger partial charge >= 0.3 is 33.0 Å². The first-order chi connectivity index (χ1) is 40.6. The predicted octanol–water partition coefficient (Wildman–Crippen LogP) is 16.9. The molecule has 16 bridgehead atoms. The number of fused-ring (bicyclic) bond motifs is 16. The summed E-state index contributed by atoms with van der Waals surface area (Å²) in [5.74, 6) is 0. The van der Waals surface area contributed by atoms with Gasteiger partial charge in [-0.15, -0.1) is 44.1 Å². The van der Waals surface area contributed by atoms with Crippen LogP contribution in [0, 0.1) is 0 Å². The Morgan fingerprint density at radius 1 is 0.274 bits per heavy atom. The smallest absolute Gasteiger partial charge is 0.657 e. The molecule has 4 aliphatic rings. The van der Waals surface area contributed by atoms with E-state index in [-0.39, 0.29) is 33.0 Å². The van der Waals surface area contributed by atoms with Crippen molar-refractivity contribution < 1.29 is 33.0 Å². The molecule has 0 saturated carbocycles. The Morgan fingerprint density at radius 2 is 0.500 bits per heavy atom. The predicted molar refractivity (Wildman–Crippen MR) is 341 cm³/mol. The fourth-order valence-electron chi connectivity index (χ4n) is 11.4. The number of anilines is 2. The van der Waals surface area contributed by atoms with Crippen LogP contribution in [-0.2, 0) is 33.0 Å². The molecule has 2 N–H and O–H groups in total. The third kappa shape index (κ3) is 10.5. The fraction of sp³-hybridized carbons (Fsp3) is 0.111. The van der Waals surface area contributed by atoms with Gasteiger partial charge in [-0.2, -0.15) is 0 Å². The monoisotopic (exact) mass is 1180 g/mol. The van der Waals surface area contributed by atoms with E-state index in [1.54, 1.807) is 0 Å². The molecule has 0 unspecified atom stereocenters. The molecule has 0 radical (unpaired) electrons. The van der Waals surface area contributed by atoms with Crippen LogP contribution in [-0.4, -0.2) is 33.0 Å². The molecule has 10 nitrogen and oxygen atoms in total. The van der Waals surface area contributed by atoms with Gasteiger partial charge in [0.15, 0.2) is 0 Å². The summed E-state index contributed by atoms with van der Waals surface area (Å²) in [4.78, 5) is 44.5. The topological polar surface area (TPSA) is 132 Å². The van der Waals surface area contributed by atoms with Gasteiger partial charge in [0, 0.05) is 24.5 Å². The summed E-state index contributed by atoms with van der Waals surface area (Å²) in [6.45, 7) is 5.97. The second-order valence-corrected chi connectivity index (χ2v) is 20.7. The molecule has 12 heteroatoms. The van der Waals surface area contributed by atoms with E-state index in [9.17, 15) is 0 Å². The molecule has 84 heavy (non-hydrogen) atoms. The number of hydrogen-bond acceptors (Lipinski definition) is 6. The molecule has 0 aliphatic carbocycles. The van der Waals surface area contributed by atoms with Crippen molar-refractivity contribution in [3.8, 4) is 55.6 Å². The molecule has 10 heterocycles. The van der Waals surface area contributed by atoms with Gasteiger partial charge in [-0.3, -0.25) is 0 Å². The zero-order valence-electron chi connectivity index (χ0n) is 46.2. The van der Waals surface area contributed by atoms with E-state index < -0.39 is 0 Å². The molecular weight excluding hydrogens is 1120 g/mol. The molecule has 0 atom stereocenters. The van der Waals surface area contributed by atoms with E-state index in [0.717, 1.165) is 173 Å². The Balaban J connectivity index is 0.00000347. The van der Waals surface area contributed by atoms with Gasteiger partial charge in [-0.05, 0) is 117 Å². The number of aromatic nitrogens is 8. The molecule has 10 aromatic rings. The molecular formula is C72H56N10Ni2. The Morgan fingerprint density at radius 3 is 0.786 bits per heavy atom. The molecule has 14 rings (SSSR count). The summed E-state index contributed by atoms with van der Waals surface area (Å²) in [6.07, 6.45) is 20.9. The van der Waals surface area contributed by atoms with Gasteiger partial charge in [-0.1, -0.05) is 197 Å². The summed E-state index contributed by atoms with van der Waals surface area (Å²) >= 11 is 0. The van der Waals surface area contributed by atoms with Crippen LogP contribution in [0.4, 0.5) is 11.4 Å². The van der Waals surface area contributed by atoms with Crippen LogP contribution in [0.1, 0.15) is 85.1 Å². The van der Waals surface area contributed by atoms with Crippen molar-refractivity contribution in [3.05, 3.63) is 215 Å². The SMILES string of the molecule is CCCCNc1c2nc(c(-c3ccccc3)c3ccc([n-]3)c(-c3c4nc(c(-c5ccccc5)c5ccc([n-]5)c(NCCCC)c5nc(c(-c6ccccc6)c6ccc3[n-]6)C=C5)C=C4)c3nc(c(-c4ccccc4)c4ccc1[n-]4)C=C3)C=C2.[Ni+2].[Ni+2]. The Kier molecular flexibility index (Phi) is 15.9. The number of hydrogen-bond donors (Lipinski definition) is 2. The van der Waals surface area contributed by atoms with E-state index in [0.29, 0.717) is 22.4 Å². The average Bonchev–Trinajstić information content (AvgIpc) is 3.56. The molecule has 0 amide bonds. The first-order valence-corrected chi connectivity index (χ1v) is 28.4. The van der Waals surface area contributed by atoms with E-state index in [1.165, 1.54) is 0 Å². The number of unbranched alkanes of at least 4 members (excludes halogenated alkanes) is 2. The maximum Gasteiger partial charge on any atom is 2.00 e. The summed E-state index contributed by atoms with van der Waals surface area (Å²) in [7, 11) is 0. The van der Waals surface area contributed by atoms with Gasteiger partial charge in [-0.25, -0.2) is 19.9 Å². The molecule has 6 aromatic heterocycles. The van der Waals surface area contributed by atoms with Crippen LogP contribution in [0.2, 0.25) is 0 Å². The molecule has 4 aliphatic heterocycles. The van der Waals surface area contributed by atoms with Crippen LogP contribution in [0.3, 0.4) is 0 Å². The van der Waals surface area contributed by atoms with Crippen LogP contribution in [0.15, 0.2) is 170 Å². The minimum Gasteiger partial charge on any atom is -0.657 e. The fourth-order valence-corrected chi connectivity index (χ4v) is 11.4. The Bertz CT molecular complexity index is 4220. The van der Waals surface area contributed by atoms with E-state index in [2.05, 4.69) is 219 Å². The molecule has 0 saturated heterocycles. The van der Waals surface area contributed by atoms with Crippen molar-refractivity contribution in [2.45, 2.75) is 39.5 Å². The Labute approximate surface area is 508 Å². The maximum atomic E-state index is 5.69. The third-order valence-electron chi connectivity index (χ3n) is 15.4. The van der Waals surface area contributed by atoms with Gasteiger partial charge in [0.25, 0.3) is 0 Å². The third-order valence-corrected chi connectivity index (χ3v) is 15.4. The summed E-state index contributed by atoms with van der Waals surface area (Å²) in [6, 6.07) is 58.5. The van der Waals surface area contributed by atoms with Gasteiger partial charge < -0.3 is 30.6 Å². The van der Waals surface area contributed by atoms with Gasteiger partial charge in [0.2, 0.25) is 0 Å². The standard InChI is InChI=1S/C72H56N10.2Ni/c1-3-5-43-73-71-61-39-35-53(79-61)65(45-19-11-7-12-20-45)49-27-31-57(75-49)69(58-32-28-50(76-58)66(46-21-13-8-14-22-46)54-36-40-62(71)80-54)70-59-33-29-51(77-59)67(47-23-15-9-16-24-47)55-37-41-63(81-55)72(74-44-6-4-2)64-42-38-56(82-64)68(48-25-17-10-18-26-48)52-30-34-60(70)78-52;;/h7-42,73-74H,3-6,43-44H2,1-2H3;;/q-4;2*+2. The van der Waals surface area contributed by atoms with Crippen molar-refractivity contribution in [2.75, 3.05) is 23.7 Å². The zero-order chi connectivity index (χ0) is 54.9. The van der Waals surface area contributed by atoms with E-state index in [4.69, 9.17) is 39.9 Å². The van der Waals surface area contributed by atoms with Crippen molar-refractivity contribution in [1.29, 1.82) is 0 Å². The maximum absolute atomic E-state index is 5.69. The van der Waals surface area contributed by atoms with Crippen LogP contribution in [0.5, 0.6) is 0 Å². The van der Waals surface area contributed by atoms with Crippen molar-refractivity contribution in [1.82, 2.24) is 39.9 Å². The molecule has 4 aromatic carbocycles. The van der Waals surface area contributed by atoms with Crippen molar-refractivity contribution in [2.24, 2.45) is 0 Å². The van der Waals surface area contributed by atoms with Crippen LogP contribution in [0.25, 0.3) is 148 Å². The average molecular weight is 1180 g/mol. The largest absolute Gasteiger partial charge is 2.00 e. The second kappa shape index (κ2) is 24.2. The number of benzene rings is 4. The van der Waals surface area contributed by atoms with Crippen LogP contribution < -0.4 is 30.6 Å². The van der Waals surface area contributed by atoms with Crippen molar-refractivity contribution in [3.63, 3.8) is 0 Å². The summed E-state index contributed by atoms with van der Waals surface area (Å²) in [5, 5.41) is 7.50. The van der Waals surface area contributed by atoms with E-state index in [1.807, 2.05) is 24.3 Å². The first-order valence-electron chi connectivity index (χ1n) is 28.4. The van der Waals surface area contributed by atoms with Crippen molar-refractivity contribution >= 4 is 104 Å². The summed E-state index contributed by atoms with van der Waals surface area (Å²) < 4.78 is 0. The quantitative estimate of drug-likeness (QED) is 0.0849. The van der Waals surface area contributed by atoms with Gasteiger partial charge in [0.05, 0.1) is 45.6 Å². The second-order valence-electron chi connectivity index (χ2n) is 20.7. The van der Waals surface area contributed by atoms with Crippen LogP contribution >= 0.6 is 0 Å². The number of nitrogens with zero attached hydrogens (tertiary/aromatic N) is 8. The first kappa shape index (κ1) is 55.2. The summed E-state index contributed by atoms with van der Waals surface area (Å²) in [5.41, 5.74) is 23.2. The Hall–Kier alpha value is -9.33. The normalized spacial score (nSPS) is 12.1. The van der Waals surface area contributed by atoms with E-state index >= 15 is 0 Å². The number of nitrogens with one attached hydrogen (secondary N) is 2. The minimum absolute atomic E-state index is 0. The van der Waals surface area contributed by atoms with Gasteiger partial charge in [0.1, 0.15) is 0 Å². The molecule has 0 fully saturated rings. The molecule has 414 valence electrons.